The van der Waals surface area contributed by atoms with Gasteiger partial charge >= 0.3 is 0 Å². The van der Waals surface area contributed by atoms with E-state index < -0.39 is 0 Å². The van der Waals surface area contributed by atoms with Gasteiger partial charge in [0.15, 0.2) is 11.6 Å². The van der Waals surface area contributed by atoms with E-state index in [1.54, 1.807) is 12.1 Å². The second-order valence-corrected chi connectivity index (χ2v) is 7.25. The first-order valence-electron chi connectivity index (χ1n) is 8.55. The summed E-state index contributed by atoms with van der Waals surface area (Å²) in [7, 11) is 0. The Morgan fingerprint density at radius 3 is 2.32 bits per heavy atom. The Labute approximate surface area is 148 Å². The van der Waals surface area contributed by atoms with Crippen LogP contribution in [0.4, 0.5) is 17.3 Å². The first-order chi connectivity index (χ1) is 11.9. The molecule has 1 aromatic carbocycles. The van der Waals surface area contributed by atoms with Crippen LogP contribution in [-0.4, -0.2) is 28.8 Å². The van der Waals surface area contributed by atoms with Crippen molar-refractivity contribution in [2.75, 3.05) is 17.2 Å². The highest BCUT2D eigenvalue weighted by molar-refractivity contribution is 5.93. The van der Waals surface area contributed by atoms with Gasteiger partial charge in [-0.05, 0) is 48.1 Å². The molecule has 1 fully saturated rings. The van der Waals surface area contributed by atoms with Gasteiger partial charge in [-0.3, -0.25) is 4.79 Å². The van der Waals surface area contributed by atoms with Gasteiger partial charge in [-0.1, -0.05) is 32.9 Å². The lowest BCUT2D eigenvalue weighted by Gasteiger charge is -2.19. The van der Waals surface area contributed by atoms with Crippen molar-refractivity contribution in [3.63, 3.8) is 0 Å². The minimum Gasteiger partial charge on any atom is -0.368 e. The van der Waals surface area contributed by atoms with E-state index >= 15 is 0 Å². The van der Waals surface area contributed by atoms with Crippen molar-refractivity contribution in [3.8, 4) is 0 Å². The number of benzene rings is 1. The summed E-state index contributed by atoms with van der Waals surface area (Å²) in [6, 6.07) is 11.8. The van der Waals surface area contributed by atoms with Gasteiger partial charge in [0, 0.05) is 12.3 Å². The number of carbonyl (C=O) groups excluding carboxylic acids is 1. The van der Waals surface area contributed by atoms with Crippen molar-refractivity contribution in [1.82, 2.24) is 10.2 Å². The molecule has 1 aliphatic heterocycles. The van der Waals surface area contributed by atoms with Crippen molar-refractivity contribution in [2.24, 2.45) is 0 Å². The maximum absolute atomic E-state index is 12.0. The zero-order chi connectivity index (χ0) is 17.9. The van der Waals surface area contributed by atoms with E-state index in [1.807, 2.05) is 12.1 Å². The Morgan fingerprint density at radius 2 is 1.76 bits per heavy atom. The Kier molecular flexibility index (Phi) is 4.99. The maximum atomic E-state index is 12.0. The Hall–Kier alpha value is -2.47. The van der Waals surface area contributed by atoms with E-state index in [4.69, 9.17) is 4.74 Å². The number of hydrogen-bond donors (Lipinski definition) is 2. The van der Waals surface area contributed by atoms with Crippen molar-refractivity contribution in [2.45, 2.75) is 45.1 Å². The van der Waals surface area contributed by atoms with Crippen LogP contribution < -0.4 is 10.6 Å². The van der Waals surface area contributed by atoms with E-state index in [0.29, 0.717) is 18.2 Å². The van der Waals surface area contributed by atoms with Crippen LogP contribution in [0.5, 0.6) is 0 Å². The van der Waals surface area contributed by atoms with Crippen LogP contribution in [0.2, 0.25) is 0 Å². The van der Waals surface area contributed by atoms with Crippen LogP contribution in [0.3, 0.4) is 0 Å². The Morgan fingerprint density at radius 1 is 1.08 bits per heavy atom. The summed E-state index contributed by atoms with van der Waals surface area (Å²) in [5.41, 5.74) is 2.34. The van der Waals surface area contributed by atoms with Crippen LogP contribution in [0, 0.1) is 0 Å². The first-order valence-corrected chi connectivity index (χ1v) is 8.55. The Bertz CT molecular complexity index is 715. The molecule has 0 bridgehead atoms. The fourth-order valence-electron chi connectivity index (χ4n) is 2.66. The number of nitrogens with one attached hydrogen (secondary N) is 2. The SMILES string of the molecule is CC(C)(C)c1ccc(Nc2ccc(NC(=O)C3CCCO3)nn2)cc1. The highest BCUT2D eigenvalue weighted by Crippen LogP contribution is 2.24. The molecule has 6 nitrogen and oxygen atoms in total. The van der Waals surface area contributed by atoms with Gasteiger partial charge in [0.25, 0.3) is 5.91 Å². The number of nitrogens with zero attached hydrogens (tertiary/aromatic N) is 2. The molecular weight excluding hydrogens is 316 g/mol. The lowest BCUT2D eigenvalue weighted by molar-refractivity contribution is -0.124. The number of carbonyl (C=O) groups is 1. The molecule has 6 heteroatoms. The van der Waals surface area contributed by atoms with Gasteiger partial charge in [0.1, 0.15) is 6.10 Å². The molecule has 0 radical (unpaired) electrons. The molecule has 1 atom stereocenters. The number of hydrogen-bond acceptors (Lipinski definition) is 5. The predicted molar refractivity (Wildman–Crippen MR) is 98.1 cm³/mol. The van der Waals surface area contributed by atoms with E-state index in [1.165, 1.54) is 5.56 Å². The lowest BCUT2D eigenvalue weighted by atomic mass is 9.87. The van der Waals surface area contributed by atoms with Gasteiger partial charge in [-0.25, -0.2) is 0 Å². The number of aromatic nitrogens is 2. The smallest absolute Gasteiger partial charge is 0.254 e. The largest absolute Gasteiger partial charge is 0.368 e. The molecule has 132 valence electrons. The van der Waals surface area contributed by atoms with Crippen molar-refractivity contribution < 1.29 is 9.53 Å². The zero-order valence-corrected chi connectivity index (χ0v) is 14.9. The molecule has 2 N–H and O–H groups in total. The second-order valence-electron chi connectivity index (χ2n) is 7.25. The van der Waals surface area contributed by atoms with Gasteiger partial charge in [-0.15, -0.1) is 10.2 Å². The molecule has 1 saturated heterocycles. The average molecular weight is 340 g/mol. The average Bonchev–Trinajstić information content (AvgIpc) is 3.11. The molecule has 0 spiro atoms. The molecule has 0 saturated carbocycles. The molecule has 1 aliphatic rings. The van der Waals surface area contributed by atoms with Crippen LogP contribution in [-0.2, 0) is 14.9 Å². The van der Waals surface area contributed by atoms with E-state index in [9.17, 15) is 4.79 Å². The summed E-state index contributed by atoms with van der Waals surface area (Å²) in [6.07, 6.45) is 1.30. The van der Waals surface area contributed by atoms with Crippen LogP contribution in [0.1, 0.15) is 39.2 Å². The molecule has 1 amide bonds. The summed E-state index contributed by atoms with van der Waals surface area (Å²) in [6.45, 7) is 7.19. The maximum Gasteiger partial charge on any atom is 0.254 e. The third-order valence-electron chi connectivity index (χ3n) is 4.16. The quantitative estimate of drug-likeness (QED) is 0.889. The highest BCUT2D eigenvalue weighted by Gasteiger charge is 2.23. The molecule has 0 aliphatic carbocycles. The third kappa shape index (κ3) is 4.54. The molecule has 1 unspecified atom stereocenters. The lowest BCUT2D eigenvalue weighted by Crippen LogP contribution is -2.27. The summed E-state index contributed by atoms with van der Waals surface area (Å²) >= 11 is 0. The molecular formula is C19H24N4O2. The summed E-state index contributed by atoms with van der Waals surface area (Å²) in [5.74, 6) is 0.887. The molecule has 3 rings (SSSR count). The minimum atomic E-state index is -0.374. The predicted octanol–water partition coefficient (Wildman–Crippen LogP) is 3.64. The zero-order valence-electron chi connectivity index (χ0n) is 14.9. The Balaban J connectivity index is 1.59. The summed E-state index contributed by atoms with van der Waals surface area (Å²) < 4.78 is 5.35. The highest BCUT2D eigenvalue weighted by atomic mass is 16.5. The monoisotopic (exact) mass is 340 g/mol. The summed E-state index contributed by atoms with van der Waals surface area (Å²) in [4.78, 5) is 12.0. The standard InChI is InChI=1S/C19H24N4O2/c1-19(2,3)13-6-8-14(9-7-13)20-16-10-11-17(23-22-16)21-18(24)15-5-4-12-25-15/h6-11,15H,4-5,12H2,1-3H3,(H,20,22)(H,21,23,24). The van der Waals surface area contributed by atoms with Crippen LogP contribution in [0.25, 0.3) is 0 Å². The second kappa shape index (κ2) is 7.19. The van der Waals surface area contributed by atoms with Gasteiger partial charge in [0.2, 0.25) is 0 Å². The molecule has 1 aromatic heterocycles. The van der Waals surface area contributed by atoms with Gasteiger partial charge in [-0.2, -0.15) is 0 Å². The summed E-state index contributed by atoms with van der Waals surface area (Å²) in [5, 5.41) is 14.1. The van der Waals surface area contributed by atoms with Crippen LogP contribution >= 0.6 is 0 Å². The van der Waals surface area contributed by atoms with Crippen molar-refractivity contribution in [1.29, 1.82) is 0 Å². The fraction of sp³-hybridized carbons (Fsp3) is 0.421. The van der Waals surface area contributed by atoms with E-state index in [-0.39, 0.29) is 17.4 Å². The van der Waals surface area contributed by atoms with Gasteiger partial charge in [0.05, 0.1) is 0 Å². The van der Waals surface area contributed by atoms with E-state index in [0.717, 1.165) is 18.5 Å². The molecule has 2 aromatic rings. The fourth-order valence-corrected chi connectivity index (χ4v) is 2.66. The van der Waals surface area contributed by atoms with Gasteiger partial charge < -0.3 is 15.4 Å². The number of ether oxygens (including phenoxy) is 1. The normalized spacial score (nSPS) is 17.3. The molecule has 2 heterocycles. The van der Waals surface area contributed by atoms with Crippen molar-refractivity contribution >= 4 is 23.2 Å². The first kappa shape index (κ1) is 17.4. The van der Waals surface area contributed by atoms with Crippen molar-refractivity contribution in [3.05, 3.63) is 42.0 Å². The minimum absolute atomic E-state index is 0.126. The van der Waals surface area contributed by atoms with Crippen LogP contribution in [0.15, 0.2) is 36.4 Å². The topological polar surface area (TPSA) is 76.1 Å². The third-order valence-corrected chi connectivity index (χ3v) is 4.16. The molecule has 25 heavy (non-hydrogen) atoms. The number of anilines is 3. The van der Waals surface area contributed by atoms with E-state index in [2.05, 4.69) is 53.7 Å². The number of amides is 1. The number of rotatable bonds is 4.